The molecule has 4 nitrogen and oxygen atoms in total. The van der Waals surface area contributed by atoms with Crippen molar-refractivity contribution in [2.24, 2.45) is 0 Å². The minimum absolute atomic E-state index is 0.0819. The van der Waals surface area contributed by atoms with Gasteiger partial charge in [0, 0.05) is 10.9 Å². The van der Waals surface area contributed by atoms with Gasteiger partial charge in [-0.3, -0.25) is 4.79 Å². The summed E-state index contributed by atoms with van der Waals surface area (Å²) in [5.74, 6) is 0.675. The number of nitrogens with one attached hydrogen (secondary N) is 2. The molecule has 3 rings (SSSR count). The molecule has 1 unspecified atom stereocenters. The standard InChI is InChI=1S/C16H17N3OS/c1-2-12(14-8-5-9-21-14)17-10-15-18-13-7-4-3-6-11(13)16(20)19-15/h3-9,12,17H,2,10H2,1H3,(H,18,19,20). The minimum Gasteiger partial charge on any atom is -0.309 e. The highest BCUT2D eigenvalue weighted by Crippen LogP contribution is 2.21. The van der Waals surface area contributed by atoms with Crippen molar-refractivity contribution in [1.29, 1.82) is 0 Å². The SMILES string of the molecule is CCC(NCc1nc2ccccc2c(=O)[nH]1)c1cccs1. The van der Waals surface area contributed by atoms with E-state index in [9.17, 15) is 4.79 Å². The van der Waals surface area contributed by atoms with Gasteiger partial charge in [0.05, 0.1) is 17.4 Å². The van der Waals surface area contributed by atoms with Gasteiger partial charge in [0.2, 0.25) is 0 Å². The van der Waals surface area contributed by atoms with Gasteiger partial charge < -0.3 is 10.3 Å². The second kappa shape index (κ2) is 6.20. The molecular formula is C16H17N3OS. The highest BCUT2D eigenvalue weighted by Gasteiger charge is 2.10. The third-order valence-corrected chi connectivity index (χ3v) is 4.46. The fourth-order valence-corrected chi connectivity index (χ4v) is 3.26. The first-order valence-electron chi connectivity index (χ1n) is 7.02. The van der Waals surface area contributed by atoms with Crippen LogP contribution < -0.4 is 10.9 Å². The number of thiophene rings is 1. The number of fused-ring (bicyclic) bond motifs is 1. The molecule has 0 amide bonds. The molecule has 108 valence electrons. The molecule has 0 aliphatic heterocycles. The van der Waals surface area contributed by atoms with E-state index in [4.69, 9.17) is 0 Å². The Morgan fingerprint density at radius 2 is 2.14 bits per heavy atom. The molecule has 3 aromatic rings. The number of aromatic nitrogens is 2. The van der Waals surface area contributed by atoms with Crippen LogP contribution in [0.1, 0.15) is 30.1 Å². The molecule has 0 fully saturated rings. The van der Waals surface area contributed by atoms with Crippen LogP contribution in [0, 0.1) is 0 Å². The normalized spacial score (nSPS) is 12.6. The number of H-pyrrole nitrogens is 1. The predicted molar refractivity (Wildman–Crippen MR) is 86.6 cm³/mol. The van der Waals surface area contributed by atoms with E-state index in [1.165, 1.54) is 4.88 Å². The molecular weight excluding hydrogens is 282 g/mol. The lowest BCUT2D eigenvalue weighted by atomic mass is 10.2. The number of rotatable bonds is 5. The van der Waals surface area contributed by atoms with E-state index in [0.717, 1.165) is 11.9 Å². The molecule has 0 bridgehead atoms. The average molecular weight is 299 g/mol. The summed E-state index contributed by atoms with van der Waals surface area (Å²) < 4.78 is 0. The maximum atomic E-state index is 12.0. The molecule has 0 radical (unpaired) electrons. The van der Waals surface area contributed by atoms with Crippen molar-refractivity contribution < 1.29 is 0 Å². The Kier molecular flexibility index (Phi) is 4.13. The van der Waals surface area contributed by atoms with Gasteiger partial charge >= 0.3 is 0 Å². The Balaban J connectivity index is 1.80. The minimum atomic E-state index is -0.0819. The van der Waals surface area contributed by atoms with Crippen LogP contribution in [0.5, 0.6) is 0 Å². The van der Waals surface area contributed by atoms with E-state index < -0.39 is 0 Å². The molecule has 5 heteroatoms. The van der Waals surface area contributed by atoms with E-state index in [1.807, 2.05) is 18.2 Å². The van der Waals surface area contributed by atoms with Gasteiger partial charge in [-0.05, 0) is 30.0 Å². The third kappa shape index (κ3) is 3.04. The number of benzene rings is 1. The first-order valence-corrected chi connectivity index (χ1v) is 7.90. The zero-order valence-corrected chi connectivity index (χ0v) is 12.6. The summed E-state index contributed by atoms with van der Waals surface area (Å²) in [5.41, 5.74) is 0.656. The van der Waals surface area contributed by atoms with Crippen molar-refractivity contribution in [3.8, 4) is 0 Å². The number of hydrogen-bond donors (Lipinski definition) is 2. The monoisotopic (exact) mass is 299 g/mol. The molecule has 1 atom stereocenters. The Morgan fingerprint density at radius 3 is 2.90 bits per heavy atom. The quantitative estimate of drug-likeness (QED) is 0.760. The molecule has 21 heavy (non-hydrogen) atoms. The van der Waals surface area contributed by atoms with Crippen LogP contribution in [-0.2, 0) is 6.54 Å². The van der Waals surface area contributed by atoms with Crippen LogP contribution in [-0.4, -0.2) is 9.97 Å². The van der Waals surface area contributed by atoms with Crippen LogP contribution in [0.15, 0.2) is 46.6 Å². The third-order valence-electron chi connectivity index (χ3n) is 3.47. The predicted octanol–water partition coefficient (Wildman–Crippen LogP) is 3.23. The van der Waals surface area contributed by atoms with Crippen LogP contribution in [0.4, 0.5) is 0 Å². The first kappa shape index (κ1) is 14.0. The van der Waals surface area contributed by atoms with Crippen molar-refractivity contribution >= 4 is 22.2 Å². The number of nitrogens with zero attached hydrogens (tertiary/aromatic N) is 1. The lowest BCUT2D eigenvalue weighted by Crippen LogP contribution is -2.23. The van der Waals surface area contributed by atoms with Crippen molar-refractivity contribution in [1.82, 2.24) is 15.3 Å². The van der Waals surface area contributed by atoms with Gasteiger partial charge in [-0.15, -0.1) is 11.3 Å². The Hall–Kier alpha value is -1.98. The van der Waals surface area contributed by atoms with Gasteiger partial charge in [-0.2, -0.15) is 0 Å². The topological polar surface area (TPSA) is 57.8 Å². The number of para-hydroxylation sites is 1. The zero-order chi connectivity index (χ0) is 14.7. The molecule has 2 N–H and O–H groups in total. The fraction of sp³-hybridized carbons (Fsp3) is 0.250. The van der Waals surface area contributed by atoms with Gasteiger partial charge in [-0.25, -0.2) is 4.98 Å². The lowest BCUT2D eigenvalue weighted by Gasteiger charge is -2.15. The Labute approximate surface area is 126 Å². The highest BCUT2D eigenvalue weighted by atomic mass is 32.1. The van der Waals surface area contributed by atoms with E-state index >= 15 is 0 Å². The van der Waals surface area contributed by atoms with E-state index in [-0.39, 0.29) is 5.56 Å². The van der Waals surface area contributed by atoms with Gasteiger partial charge in [0.1, 0.15) is 5.82 Å². The summed E-state index contributed by atoms with van der Waals surface area (Å²) in [5, 5.41) is 6.17. The summed E-state index contributed by atoms with van der Waals surface area (Å²) in [4.78, 5) is 20.7. The van der Waals surface area contributed by atoms with Crippen LogP contribution >= 0.6 is 11.3 Å². The fourth-order valence-electron chi connectivity index (χ4n) is 2.37. The lowest BCUT2D eigenvalue weighted by molar-refractivity contribution is 0.516. The number of aromatic amines is 1. The smallest absolute Gasteiger partial charge is 0.258 e. The maximum absolute atomic E-state index is 12.0. The van der Waals surface area contributed by atoms with E-state index in [0.29, 0.717) is 23.8 Å². The molecule has 1 aromatic carbocycles. The van der Waals surface area contributed by atoms with Crippen molar-refractivity contribution in [3.63, 3.8) is 0 Å². The second-order valence-electron chi connectivity index (χ2n) is 4.89. The van der Waals surface area contributed by atoms with Crippen LogP contribution in [0.2, 0.25) is 0 Å². The van der Waals surface area contributed by atoms with Crippen LogP contribution in [0.3, 0.4) is 0 Å². The van der Waals surface area contributed by atoms with Crippen molar-refractivity contribution in [2.45, 2.75) is 25.9 Å². The largest absolute Gasteiger partial charge is 0.309 e. The first-order chi connectivity index (χ1) is 10.3. The van der Waals surface area contributed by atoms with Gasteiger partial charge in [0.25, 0.3) is 5.56 Å². The van der Waals surface area contributed by atoms with Crippen molar-refractivity contribution in [2.75, 3.05) is 0 Å². The molecule has 2 aromatic heterocycles. The van der Waals surface area contributed by atoms with Gasteiger partial charge in [0.15, 0.2) is 0 Å². The highest BCUT2D eigenvalue weighted by molar-refractivity contribution is 7.10. The molecule has 2 heterocycles. The summed E-state index contributed by atoms with van der Waals surface area (Å²) in [6.07, 6.45) is 0.998. The maximum Gasteiger partial charge on any atom is 0.258 e. The molecule has 0 saturated carbocycles. The van der Waals surface area contributed by atoms with Crippen LogP contribution in [0.25, 0.3) is 10.9 Å². The number of hydrogen-bond acceptors (Lipinski definition) is 4. The van der Waals surface area contributed by atoms with E-state index in [1.54, 1.807) is 17.4 Å². The molecule has 0 saturated heterocycles. The summed E-state index contributed by atoms with van der Waals surface area (Å²) >= 11 is 1.74. The summed E-state index contributed by atoms with van der Waals surface area (Å²) in [6.45, 7) is 2.70. The summed E-state index contributed by atoms with van der Waals surface area (Å²) in [7, 11) is 0. The zero-order valence-electron chi connectivity index (χ0n) is 11.8. The Bertz CT molecular complexity index is 780. The molecule has 0 aliphatic rings. The summed E-state index contributed by atoms with van der Waals surface area (Å²) in [6, 6.07) is 11.9. The molecule has 0 aliphatic carbocycles. The molecule has 0 spiro atoms. The van der Waals surface area contributed by atoms with Gasteiger partial charge in [-0.1, -0.05) is 25.1 Å². The second-order valence-corrected chi connectivity index (χ2v) is 5.87. The average Bonchev–Trinajstić information content (AvgIpc) is 3.02. The Morgan fingerprint density at radius 1 is 1.29 bits per heavy atom. The van der Waals surface area contributed by atoms with E-state index in [2.05, 4.69) is 39.7 Å². The van der Waals surface area contributed by atoms with Crippen molar-refractivity contribution in [3.05, 3.63) is 62.8 Å².